The molecule has 0 saturated heterocycles. The molecule has 23 heavy (non-hydrogen) atoms. The Labute approximate surface area is 136 Å². The zero-order valence-electron chi connectivity index (χ0n) is 11.8. The van der Waals surface area contributed by atoms with Crippen LogP contribution in [-0.2, 0) is 6.54 Å². The summed E-state index contributed by atoms with van der Waals surface area (Å²) < 4.78 is 27.1. The SMILES string of the molecule is NC(=O)c1ccc(N(S)C(=O)NCc2cc(F)cc(F)c2)cc1. The van der Waals surface area contributed by atoms with E-state index in [0.29, 0.717) is 11.3 Å². The molecule has 2 aromatic rings. The van der Waals surface area contributed by atoms with Crippen LogP contribution < -0.4 is 15.4 Å². The quantitative estimate of drug-likeness (QED) is 0.750. The van der Waals surface area contributed by atoms with Crippen LogP contribution in [0, 0.1) is 11.6 Å². The molecule has 0 spiro atoms. The molecule has 0 aromatic heterocycles. The number of nitrogens with one attached hydrogen (secondary N) is 1. The lowest BCUT2D eigenvalue weighted by Crippen LogP contribution is -2.33. The largest absolute Gasteiger partial charge is 0.366 e. The van der Waals surface area contributed by atoms with Crippen LogP contribution in [0.3, 0.4) is 0 Å². The third-order valence-electron chi connectivity index (χ3n) is 2.95. The van der Waals surface area contributed by atoms with Crippen LogP contribution in [0.15, 0.2) is 42.5 Å². The molecule has 2 rings (SSSR count). The minimum Gasteiger partial charge on any atom is -0.366 e. The van der Waals surface area contributed by atoms with Crippen LogP contribution in [0.5, 0.6) is 0 Å². The van der Waals surface area contributed by atoms with E-state index in [9.17, 15) is 18.4 Å². The highest BCUT2D eigenvalue weighted by atomic mass is 32.1. The molecule has 0 aliphatic rings. The molecule has 0 unspecified atom stereocenters. The van der Waals surface area contributed by atoms with E-state index in [-0.39, 0.29) is 12.1 Å². The second-order valence-electron chi connectivity index (χ2n) is 4.66. The average molecular weight is 337 g/mol. The molecule has 0 radical (unpaired) electrons. The van der Waals surface area contributed by atoms with Crippen molar-refractivity contribution < 1.29 is 18.4 Å². The van der Waals surface area contributed by atoms with Gasteiger partial charge in [-0.3, -0.25) is 4.79 Å². The van der Waals surface area contributed by atoms with E-state index in [0.717, 1.165) is 22.5 Å². The second kappa shape index (κ2) is 7.10. The molecule has 8 heteroatoms. The molecule has 3 N–H and O–H groups in total. The van der Waals surface area contributed by atoms with Crippen molar-refractivity contribution in [3.8, 4) is 0 Å². The molecule has 5 nitrogen and oxygen atoms in total. The summed E-state index contributed by atoms with van der Waals surface area (Å²) in [5.41, 5.74) is 6.10. The lowest BCUT2D eigenvalue weighted by Gasteiger charge is -2.17. The summed E-state index contributed by atoms with van der Waals surface area (Å²) in [6.45, 7) is -0.0655. The van der Waals surface area contributed by atoms with Gasteiger partial charge in [0.25, 0.3) is 0 Å². The lowest BCUT2D eigenvalue weighted by molar-refractivity contribution is 0.100. The number of hydrogen-bond donors (Lipinski definition) is 3. The molecule has 120 valence electrons. The molecule has 0 heterocycles. The van der Waals surface area contributed by atoms with Crippen molar-refractivity contribution in [1.82, 2.24) is 5.32 Å². The lowest BCUT2D eigenvalue weighted by atomic mass is 10.2. The number of thiol groups is 1. The molecule has 0 aliphatic heterocycles. The highest BCUT2D eigenvalue weighted by Gasteiger charge is 2.12. The second-order valence-corrected chi connectivity index (χ2v) is 5.06. The summed E-state index contributed by atoms with van der Waals surface area (Å²) in [6, 6.07) is 8.29. The Morgan fingerprint density at radius 2 is 1.65 bits per heavy atom. The Hall–Kier alpha value is -2.61. The number of anilines is 1. The van der Waals surface area contributed by atoms with Gasteiger partial charge in [0.15, 0.2) is 0 Å². The van der Waals surface area contributed by atoms with Crippen molar-refractivity contribution in [2.24, 2.45) is 5.73 Å². The van der Waals surface area contributed by atoms with Gasteiger partial charge in [-0.15, -0.1) is 0 Å². The summed E-state index contributed by atoms with van der Waals surface area (Å²) in [4.78, 5) is 22.9. The van der Waals surface area contributed by atoms with Gasteiger partial charge in [-0.25, -0.2) is 17.9 Å². The summed E-state index contributed by atoms with van der Waals surface area (Å²) in [5.74, 6) is -2.03. The van der Waals surface area contributed by atoms with E-state index >= 15 is 0 Å². The first kappa shape index (κ1) is 16.8. The number of urea groups is 1. The van der Waals surface area contributed by atoms with Gasteiger partial charge < -0.3 is 11.1 Å². The number of benzene rings is 2. The first-order valence-corrected chi connectivity index (χ1v) is 6.88. The molecule has 0 aliphatic carbocycles. The monoisotopic (exact) mass is 337 g/mol. The van der Waals surface area contributed by atoms with E-state index in [1.54, 1.807) is 0 Å². The van der Waals surface area contributed by atoms with Crippen molar-refractivity contribution in [3.63, 3.8) is 0 Å². The minimum absolute atomic E-state index is 0.0655. The van der Waals surface area contributed by atoms with Crippen molar-refractivity contribution in [1.29, 1.82) is 0 Å². The van der Waals surface area contributed by atoms with Gasteiger partial charge in [0.2, 0.25) is 5.91 Å². The molecule has 2 aromatic carbocycles. The Morgan fingerprint density at radius 3 is 2.17 bits per heavy atom. The standard InChI is InChI=1S/C15H13F2N3O2S/c16-11-5-9(6-12(17)7-11)8-19-15(22)20(23)13-3-1-10(2-4-13)14(18)21/h1-7,23H,8H2,(H2,18,21)(H,19,22). The highest BCUT2D eigenvalue weighted by Crippen LogP contribution is 2.17. The first-order chi connectivity index (χ1) is 10.9. The third-order valence-corrected chi connectivity index (χ3v) is 3.37. The normalized spacial score (nSPS) is 10.2. The van der Waals surface area contributed by atoms with Crippen molar-refractivity contribution in [2.45, 2.75) is 6.54 Å². The van der Waals surface area contributed by atoms with Gasteiger partial charge in [-0.2, -0.15) is 0 Å². The van der Waals surface area contributed by atoms with Gasteiger partial charge in [0.05, 0.1) is 5.69 Å². The van der Waals surface area contributed by atoms with Gasteiger partial charge >= 0.3 is 6.03 Å². The molecule has 0 atom stereocenters. The third kappa shape index (κ3) is 4.43. The number of nitrogens with two attached hydrogens (primary N) is 1. The van der Waals surface area contributed by atoms with E-state index in [1.807, 2.05) is 0 Å². The van der Waals surface area contributed by atoms with Crippen LogP contribution in [-0.4, -0.2) is 11.9 Å². The van der Waals surface area contributed by atoms with Crippen LogP contribution >= 0.6 is 12.8 Å². The number of amides is 3. The highest BCUT2D eigenvalue weighted by molar-refractivity contribution is 7.82. The zero-order chi connectivity index (χ0) is 17.0. The molecular formula is C15H13F2N3O2S. The van der Waals surface area contributed by atoms with Gasteiger partial charge in [0.1, 0.15) is 11.6 Å². The Kier molecular flexibility index (Phi) is 5.17. The fraction of sp³-hybridized carbons (Fsp3) is 0.0667. The first-order valence-electron chi connectivity index (χ1n) is 6.48. The molecule has 3 amide bonds. The van der Waals surface area contributed by atoms with Gasteiger partial charge in [-0.05, 0) is 42.0 Å². The Bertz CT molecular complexity index is 718. The van der Waals surface area contributed by atoms with Crippen LogP contribution in [0.1, 0.15) is 15.9 Å². The topological polar surface area (TPSA) is 75.4 Å². The van der Waals surface area contributed by atoms with Gasteiger partial charge in [0, 0.05) is 18.2 Å². The zero-order valence-corrected chi connectivity index (χ0v) is 12.7. The van der Waals surface area contributed by atoms with Crippen LogP contribution in [0.4, 0.5) is 19.3 Å². The molecule has 0 fully saturated rings. The maximum absolute atomic E-state index is 13.1. The maximum atomic E-state index is 13.1. The summed E-state index contributed by atoms with van der Waals surface area (Å²) in [5, 5.41) is 2.47. The number of carbonyl (C=O) groups is 2. The smallest absolute Gasteiger partial charge is 0.332 e. The number of carbonyl (C=O) groups excluding carboxylic acids is 2. The van der Waals surface area contributed by atoms with E-state index in [2.05, 4.69) is 18.1 Å². The summed E-state index contributed by atoms with van der Waals surface area (Å²) >= 11 is 4.04. The molecule has 0 bridgehead atoms. The average Bonchev–Trinajstić information content (AvgIpc) is 2.51. The van der Waals surface area contributed by atoms with E-state index in [1.165, 1.54) is 24.3 Å². The Morgan fingerprint density at radius 1 is 1.09 bits per heavy atom. The van der Waals surface area contributed by atoms with E-state index < -0.39 is 23.6 Å². The Balaban J connectivity index is 2.00. The minimum atomic E-state index is -0.723. The number of halogens is 2. The molecular weight excluding hydrogens is 324 g/mol. The molecule has 0 saturated carbocycles. The fourth-order valence-electron chi connectivity index (χ4n) is 1.85. The number of primary amides is 1. The van der Waals surface area contributed by atoms with E-state index in [4.69, 9.17) is 5.73 Å². The van der Waals surface area contributed by atoms with Crippen molar-refractivity contribution >= 4 is 30.4 Å². The number of hydrogen-bond acceptors (Lipinski definition) is 3. The predicted octanol–water partition coefficient (Wildman–Crippen LogP) is 2.62. The van der Waals surface area contributed by atoms with Crippen LogP contribution in [0.25, 0.3) is 0 Å². The van der Waals surface area contributed by atoms with Crippen LogP contribution in [0.2, 0.25) is 0 Å². The van der Waals surface area contributed by atoms with Crippen molar-refractivity contribution in [3.05, 3.63) is 65.2 Å². The summed E-state index contributed by atoms with van der Waals surface area (Å²) in [7, 11) is 0. The van der Waals surface area contributed by atoms with Crippen molar-refractivity contribution in [2.75, 3.05) is 4.31 Å². The maximum Gasteiger partial charge on any atom is 0.332 e. The van der Waals surface area contributed by atoms with Gasteiger partial charge in [-0.1, -0.05) is 12.8 Å². The fourth-order valence-corrected chi connectivity index (χ4v) is 2.05. The number of rotatable bonds is 4. The predicted molar refractivity (Wildman–Crippen MR) is 85.0 cm³/mol. The number of nitrogens with zero attached hydrogens (tertiary/aromatic N) is 1. The summed E-state index contributed by atoms with van der Waals surface area (Å²) in [6.07, 6.45) is 0.